The van der Waals surface area contributed by atoms with Gasteiger partial charge < -0.3 is 10.5 Å². The maximum atomic E-state index is 5.98. The van der Waals surface area contributed by atoms with E-state index in [4.69, 9.17) is 10.5 Å². The van der Waals surface area contributed by atoms with E-state index in [1.54, 1.807) is 7.11 Å². The van der Waals surface area contributed by atoms with Gasteiger partial charge in [0.1, 0.15) is 0 Å². The van der Waals surface area contributed by atoms with Gasteiger partial charge >= 0.3 is 0 Å². The molecule has 0 rings (SSSR count). The normalized spacial score (nSPS) is 15.8. The highest BCUT2D eigenvalue weighted by Crippen LogP contribution is 2.23. The van der Waals surface area contributed by atoms with E-state index in [0.29, 0.717) is 19.1 Å². The van der Waals surface area contributed by atoms with Crippen LogP contribution in [0.5, 0.6) is 0 Å². The first kappa shape index (κ1) is 15.9. The Kier molecular flexibility index (Phi) is 7.98. The highest BCUT2D eigenvalue weighted by atomic mass is 16.5. The predicted molar refractivity (Wildman–Crippen MR) is 70.7 cm³/mol. The fraction of sp³-hybridized carbons (Fsp3) is 1.00. The summed E-state index contributed by atoms with van der Waals surface area (Å²) >= 11 is 0. The van der Waals surface area contributed by atoms with Crippen LogP contribution in [0.15, 0.2) is 0 Å². The van der Waals surface area contributed by atoms with Crippen molar-refractivity contribution < 1.29 is 4.74 Å². The molecule has 0 aromatic rings. The third-order valence-corrected chi connectivity index (χ3v) is 3.68. The molecule has 0 aliphatic carbocycles. The molecule has 0 aliphatic heterocycles. The molecule has 0 bridgehead atoms. The lowest BCUT2D eigenvalue weighted by molar-refractivity contribution is -0.00172. The fourth-order valence-corrected chi connectivity index (χ4v) is 2.24. The zero-order chi connectivity index (χ0) is 12.6. The van der Waals surface area contributed by atoms with E-state index in [1.165, 1.54) is 19.3 Å². The van der Waals surface area contributed by atoms with Crippen LogP contribution in [0.25, 0.3) is 0 Å². The Balaban J connectivity index is 4.47. The molecule has 0 saturated heterocycles. The van der Waals surface area contributed by atoms with Gasteiger partial charge in [-0.2, -0.15) is 0 Å². The molecule has 98 valence electrons. The monoisotopic (exact) mass is 230 g/mol. The molecule has 0 aromatic carbocycles. The summed E-state index contributed by atoms with van der Waals surface area (Å²) in [5, 5.41) is 0. The molecule has 0 heterocycles. The third kappa shape index (κ3) is 4.04. The molecule has 3 nitrogen and oxygen atoms in total. The van der Waals surface area contributed by atoms with Gasteiger partial charge in [0.2, 0.25) is 0 Å². The molecule has 1 atom stereocenters. The summed E-state index contributed by atoms with van der Waals surface area (Å²) in [6.07, 6.45) is 3.79. The number of rotatable bonds is 9. The van der Waals surface area contributed by atoms with Gasteiger partial charge in [0.05, 0.1) is 12.1 Å². The molecule has 2 N–H and O–H groups in total. The third-order valence-electron chi connectivity index (χ3n) is 3.68. The van der Waals surface area contributed by atoms with E-state index in [9.17, 15) is 0 Å². The van der Waals surface area contributed by atoms with Crippen LogP contribution in [0.1, 0.15) is 40.0 Å². The Morgan fingerprint density at radius 2 is 1.94 bits per heavy atom. The molecular formula is C13H30N2O. The predicted octanol–water partition coefficient (Wildman–Crippen LogP) is 2.11. The molecule has 0 spiro atoms. The minimum absolute atomic E-state index is 0.0114. The maximum absolute atomic E-state index is 5.98. The molecule has 1 unspecified atom stereocenters. The number of nitrogens with zero attached hydrogens (tertiary/aromatic N) is 1. The minimum Gasteiger partial charge on any atom is -0.383 e. The van der Waals surface area contributed by atoms with E-state index >= 15 is 0 Å². The summed E-state index contributed by atoms with van der Waals surface area (Å²) < 4.78 is 5.37. The van der Waals surface area contributed by atoms with Crippen molar-refractivity contribution in [3.63, 3.8) is 0 Å². The van der Waals surface area contributed by atoms with Gasteiger partial charge in [-0.15, -0.1) is 0 Å². The van der Waals surface area contributed by atoms with Gasteiger partial charge in [-0.05, 0) is 25.9 Å². The van der Waals surface area contributed by atoms with Crippen molar-refractivity contribution in [1.29, 1.82) is 0 Å². The molecule has 0 fully saturated rings. The number of methoxy groups -OCH3 is 1. The van der Waals surface area contributed by atoms with Gasteiger partial charge in [0.15, 0.2) is 0 Å². The Hall–Kier alpha value is -0.120. The average Bonchev–Trinajstić information content (AvgIpc) is 2.25. The molecule has 16 heavy (non-hydrogen) atoms. The molecule has 0 saturated carbocycles. The molecule has 0 aromatic heterocycles. The highest BCUT2D eigenvalue weighted by Gasteiger charge is 2.36. The van der Waals surface area contributed by atoms with Crippen molar-refractivity contribution >= 4 is 0 Å². The highest BCUT2D eigenvalue weighted by molar-refractivity contribution is 4.93. The van der Waals surface area contributed by atoms with Crippen molar-refractivity contribution in [2.75, 3.05) is 33.9 Å². The Morgan fingerprint density at radius 3 is 2.31 bits per heavy atom. The van der Waals surface area contributed by atoms with Gasteiger partial charge in [-0.25, -0.2) is 0 Å². The van der Waals surface area contributed by atoms with Crippen molar-refractivity contribution in [2.24, 2.45) is 11.7 Å². The standard InChI is InChI=1S/C13H30N2O/c1-6-7-8-9-15(4)13(10-14,11-16-5)12(2)3/h12H,6-11,14H2,1-5H3. The van der Waals surface area contributed by atoms with Crippen molar-refractivity contribution in [3.05, 3.63) is 0 Å². The summed E-state index contributed by atoms with van der Waals surface area (Å²) in [6, 6.07) is 0. The Labute approximate surface area is 101 Å². The van der Waals surface area contributed by atoms with Gasteiger partial charge in [-0.1, -0.05) is 33.6 Å². The van der Waals surface area contributed by atoms with Gasteiger partial charge in [0, 0.05) is 13.7 Å². The van der Waals surface area contributed by atoms with Crippen LogP contribution in [0.2, 0.25) is 0 Å². The number of unbranched alkanes of at least 4 members (excludes halogenated alkanes) is 2. The van der Waals surface area contributed by atoms with E-state index < -0.39 is 0 Å². The summed E-state index contributed by atoms with van der Waals surface area (Å²) in [5.41, 5.74) is 5.97. The Morgan fingerprint density at radius 1 is 1.31 bits per heavy atom. The zero-order valence-corrected chi connectivity index (χ0v) is 11.8. The second-order valence-corrected chi connectivity index (χ2v) is 5.02. The molecule has 0 aliphatic rings. The first-order valence-corrected chi connectivity index (χ1v) is 6.45. The molecule has 3 heteroatoms. The largest absolute Gasteiger partial charge is 0.383 e. The van der Waals surface area contributed by atoms with E-state index in [1.807, 2.05) is 0 Å². The topological polar surface area (TPSA) is 38.5 Å². The van der Waals surface area contributed by atoms with E-state index in [0.717, 1.165) is 6.54 Å². The quantitative estimate of drug-likeness (QED) is 0.617. The number of ether oxygens (including phenoxy) is 1. The second-order valence-electron chi connectivity index (χ2n) is 5.02. The molecule has 0 radical (unpaired) electrons. The molecule has 0 amide bonds. The van der Waals surface area contributed by atoms with Gasteiger partial charge in [-0.3, -0.25) is 4.90 Å². The van der Waals surface area contributed by atoms with E-state index in [2.05, 4.69) is 32.7 Å². The number of hydrogen-bond acceptors (Lipinski definition) is 3. The van der Waals surface area contributed by atoms with E-state index in [-0.39, 0.29) is 5.54 Å². The van der Waals surface area contributed by atoms with Crippen LogP contribution in [0.3, 0.4) is 0 Å². The van der Waals surface area contributed by atoms with Crippen molar-refractivity contribution in [2.45, 2.75) is 45.6 Å². The first-order valence-electron chi connectivity index (χ1n) is 6.45. The van der Waals surface area contributed by atoms with Crippen LogP contribution < -0.4 is 5.73 Å². The smallest absolute Gasteiger partial charge is 0.0661 e. The Bertz CT molecular complexity index is 173. The van der Waals surface area contributed by atoms with Crippen LogP contribution in [0, 0.1) is 5.92 Å². The summed E-state index contributed by atoms with van der Waals surface area (Å²) in [5.74, 6) is 0.504. The number of hydrogen-bond donors (Lipinski definition) is 1. The maximum Gasteiger partial charge on any atom is 0.0661 e. The number of likely N-dealkylation sites (N-methyl/N-ethyl adjacent to an activating group) is 1. The first-order chi connectivity index (χ1) is 7.55. The average molecular weight is 230 g/mol. The summed E-state index contributed by atoms with van der Waals surface area (Å²) in [6.45, 7) is 9.15. The lowest BCUT2D eigenvalue weighted by atomic mass is 9.85. The van der Waals surface area contributed by atoms with Crippen LogP contribution in [-0.2, 0) is 4.74 Å². The summed E-state index contributed by atoms with van der Waals surface area (Å²) in [4.78, 5) is 2.39. The van der Waals surface area contributed by atoms with Crippen LogP contribution in [0.4, 0.5) is 0 Å². The van der Waals surface area contributed by atoms with Crippen molar-refractivity contribution in [3.8, 4) is 0 Å². The van der Waals surface area contributed by atoms with Crippen LogP contribution >= 0.6 is 0 Å². The van der Waals surface area contributed by atoms with Crippen molar-refractivity contribution in [1.82, 2.24) is 4.90 Å². The lowest BCUT2D eigenvalue weighted by Crippen LogP contribution is -2.59. The van der Waals surface area contributed by atoms with Gasteiger partial charge in [0.25, 0.3) is 0 Å². The SMILES string of the molecule is CCCCCN(C)C(CN)(COC)C(C)C. The molecular weight excluding hydrogens is 200 g/mol. The number of nitrogens with two attached hydrogens (primary N) is 1. The second kappa shape index (κ2) is 8.04. The van der Waals surface area contributed by atoms with Crippen LogP contribution in [-0.4, -0.2) is 44.3 Å². The lowest BCUT2D eigenvalue weighted by Gasteiger charge is -2.44. The minimum atomic E-state index is -0.0114. The zero-order valence-electron chi connectivity index (χ0n) is 11.8. The fourth-order valence-electron chi connectivity index (χ4n) is 2.24. The summed E-state index contributed by atoms with van der Waals surface area (Å²) in [7, 11) is 3.92.